The predicted molar refractivity (Wildman–Crippen MR) is 72.7 cm³/mol. The largest absolute Gasteiger partial charge is 0.496 e. The van der Waals surface area contributed by atoms with E-state index in [1.807, 2.05) is 0 Å². The van der Waals surface area contributed by atoms with Crippen LogP contribution in [0.15, 0.2) is 12.1 Å². The summed E-state index contributed by atoms with van der Waals surface area (Å²) in [6.45, 7) is 5.23. The lowest BCUT2D eigenvalue weighted by molar-refractivity contribution is 0.397. The van der Waals surface area contributed by atoms with Crippen LogP contribution in [0.25, 0.3) is 0 Å². The fourth-order valence-electron chi connectivity index (χ4n) is 1.90. The van der Waals surface area contributed by atoms with Crippen LogP contribution >= 0.6 is 12.6 Å². The standard InChI is InChI=1S/C13H21NOS/c1-10-7-12(5-6-14(3)9-16)8-11(2)13(10)15-4/h7-8,16H,5-6,9H2,1-4H3. The zero-order chi connectivity index (χ0) is 12.1. The van der Waals surface area contributed by atoms with Crippen LogP contribution in [0.2, 0.25) is 0 Å². The highest BCUT2D eigenvalue weighted by molar-refractivity contribution is 7.80. The summed E-state index contributed by atoms with van der Waals surface area (Å²) in [6.07, 6.45) is 1.06. The first-order valence-corrected chi connectivity index (χ1v) is 6.15. The third kappa shape index (κ3) is 3.42. The molecule has 0 bridgehead atoms. The van der Waals surface area contributed by atoms with E-state index < -0.39 is 0 Å². The predicted octanol–water partition coefficient (Wildman–Crippen LogP) is 2.67. The van der Waals surface area contributed by atoms with Gasteiger partial charge in [0.15, 0.2) is 0 Å². The molecular weight excluding hydrogens is 218 g/mol. The van der Waals surface area contributed by atoms with E-state index in [9.17, 15) is 0 Å². The Morgan fingerprint density at radius 3 is 2.25 bits per heavy atom. The minimum Gasteiger partial charge on any atom is -0.496 e. The molecule has 3 heteroatoms. The van der Waals surface area contributed by atoms with Gasteiger partial charge < -0.3 is 4.74 Å². The molecule has 16 heavy (non-hydrogen) atoms. The molecule has 2 nitrogen and oxygen atoms in total. The Morgan fingerprint density at radius 1 is 1.25 bits per heavy atom. The number of benzene rings is 1. The van der Waals surface area contributed by atoms with Crippen molar-refractivity contribution in [1.82, 2.24) is 4.90 Å². The number of ether oxygens (including phenoxy) is 1. The van der Waals surface area contributed by atoms with Gasteiger partial charge in [0.1, 0.15) is 5.75 Å². The Kier molecular flexibility index (Phi) is 5.16. The molecule has 0 fully saturated rings. The lowest BCUT2D eigenvalue weighted by Gasteiger charge is -2.15. The minimum atomic E-state index is 0.800. The van der Waals surface area contributed by atoms with Crippen molar-refractivity contribution in [2.45, 2.75) is 20.3 Å². The molecule has 1 rings (SSSR count). The van der Waals surface area contributed by atoms with Crippen molar-refractivity contribution < 1.29 is 4.74 Å². The van der Waals surface area contributed by atoms with Gasteiger partial charge in [0, 0.05) is 12.4 Å². The van der Waals surface area contributed by atoms with Crippen LogP contribution in [0.5, 0.6) is 5.75 Å². The highest BCUT2D eigenvalue weighted by atomic mass is 32.1. The van der Waals surface area contributed by atoms with Crippen LogP contribution in [-0.4, -0.2) is 31.5 Å². The maximum atomic E-state index is 5.35. The number of methoxy groups -OCH3 is 1. The molecule has 0 atom stereocenters. The van der Waals surface area contributed by atoms with Gasteiger partial charge in [-0.1, -0.05) is 12.1 Å². The molecule has 0 heterocycles. The summed E-state index contributed by atoms with van der Waals surface area (Å²) in [6, 6.07) is 4.41. The molecule has 90 valence electrons. The second kappa shape index (κ2) is 6.16. The van der Waals surface area contributed by atoms with E-state index in [0.717, 1.165) is 24.6 Å². The monoisotopic (exact) mass is 239 g/mol. The maximum absolute atomic E-state index is 5.35. The lowest BCUT2D eigenvalue weighted by atomic mass is 10.0. The molecule has 1 aromatic rings. The van der Waals surface area contributed by atoms with Gasteiger partial charge in [-0.25, -0.2) is 0 Å². The number of likely N-dealkylation sites (N-methyl/N-ethyl adjacent to an activating group) is 1. The third-order valence-electron chi connectivity index (χ3n) is 2.75. The van der Waals surface area contributed by atoms with Gasteiger partial charge in [-0.15, -0.1) is 0 Å². The van der Waals surface area contributed by atoms with Crippen LogP contribution in [0.3, 0.4) is 0 Å². The van der Waals surface area contributed by atoms with E-state index in [4.69, 9.17) is 4.74 Å². The molecule has 0 aliphatic rings. The molecule has 0 amide bonds. The number of thiol groups is 1. The summed E-state index contributed by atoms with van der Waals surface area (Å²) in [7, 11) is 3.81. The molecule has 0 aliphatic carbocycles. The van der Waals surface area contributed by atoms with Crippen molar-refractivity contribution in [3.05, 3.63) is 28.8 Å². The van der Waals surface area contributed by atoms with E-state index in [0.29, 0.717) is 0 Å². The molecule has 0 saturated carbocycles. The molecule has 0 radical (unpaired) electrons. The normalized spacial score (nSPS) is 10.9. The summed E-state index contributed by atoms with van der Waals surface area (Å²) in [4.78, 5) is 2.19. The van der Waals surface area contributed by atoms with Crippen LogP contribution in [0, 0.1) is 13.8 Å². The number of nitrogens with zero attached hydrogens (tertiary/aromatic N) is 1. The molecule has 0 spiro atoms. The number of hydrogen-bond donors (Lipinski definition) is 1. The van der Waals surface area contributed by atoms with Crippen molar-refractivity contribution in [2.75, 3.05) is 26.6 Å². The average molecular weight is 239 g/mol. The number of rotatable bonds is 5. The van der Waals surface area contributed by atoms with Gasteiger partial charge in [-0.2, -0.15) is 12.6 Å². The van der Waals surface area contributed by atoms with Crippen molar-refractivity contribution in [3.8, 4) is 5.75 Å². The fraction of sp³-hybridized carbons (Fsp3) is 0.538. The zero-order valence-electron chi connectivity index (χ0n) is 10.6. The van der Waals surface area contributed by atoms with Crippen molar-refractivity contribution in [3.63, 3.8) is 0 Å². The van der Waals surface area contributed by atoms with Gasteiger partial charge in [0.25, 0.3) is 0 Å². The summed E-state index contributed by atoms with van der Waals surface area (Å²) in [5.41, 5.74) is 3.79. The van der Waals surface area contributed by atoms with E-state index >= 15 is 0 Å². The minimum absolute atomic E-state index is 0.800. The molecule has 0 N–H and O–H groups in total. The van der Waals surface area contributed by atoms with Gasteiger partial charge >= 0.3 is 0 Å². The fourth-order valence-corrected chi connectivity index (χ4v) is 2.04. The van der Waals surface area contributed by atoms with E-state index in [-0.39, 0.29) is 0 Å². The summed E-state index contributed by atoms with van der Waals surface area (Å²) in [5.74, 6) is 1.81. The summed E-state index contributed by atoms with van der Waals surface area (Å²) in [5, 5.41) is 0. The molecule has 1 aromatic carbocycles. The first-order valence-electron chi connectivity index (χ1n) is 5.52. The van der Waals surface area contributed by atoms with Crippen LogP contribution < -0.4 is 4.74 Å². The van der Waals surface area contributed by atoms with Gasteiger partial charge in [0.05, 0.1) is 7.11 Å². The van der Waals surface area contributed by atoms with Crippen LogP contribution in [0.4, 0.5) is 0 Å². The van der Waals surface area contributed by atoms with Crippen molar-refractivity contribution >= 4 is 12.6 Å². The van der Waals surface area contributed by atoms with Gasteiger partial charge in [-0.05, 0) is 44.0 Å². The van der Waals surface area contributed by atoms with Crippen LogP contribution in [-0.2, 0) is 6.42 Å². The van der Waals surface area contributed by atoms with E-state index in [1.54, 1.807) is 7.11 Å². The van der Waals surface area contributed by atoms with E-state index in [2.05, 4.69) is 50.6 Å². The van der Waals surface area contributed by atoms with Gasteiger partial charge in [-0.3, -0.25) is 4.90 Å². The Hall–Kier alpha value is -0.670. The highest BCUT2D eigenvalue weighted by Gasteiger charge is 2.05. The zero-order valence-corrected chi connectivity index (χ0v) is 11.5. The van der Waals surface area contributed by atoms with Crippen molar-refractivity contribution in [2.24, 2.45) is 0 Å². The highest BCUT2D eigenvalue weighted by Crippen LogP contribution is 2.24. The topological polar surface area (TPSA) is 12.5 Å². The average Bonchev–Trinajstić information content (AvgIpc) is 2.25. The lowest BCUT2D eigenvalue weighted by Crippen LogP contribution is -2.19. The number of aryl methyl sites for hydroxylation is 2. The molecule has 0 aliphatic heterocycles. The Labute approximate surface area is 104 Å². The third-order valence-corrected chi connectivity index (χ3v) is 3.23. The van der Waals surface area contributed by atoms with Gasteiger partial charge in [0.2, 0.25) is 0 Å². The Morgan fingerprint density at radius 2 is 1.81 bits per heavy atom. The summed E-state index contributed by atoms with van der Waals surface area (Å²) < 4.78 is 5.35. The van der Waals surface area contributed by atoms with E-state index in [1.165, 1.54) is 16.7 Å². The molecule has 0 aromatic heterocycles. The first-order chi connectivity index (χ1) is 7.58. The SMILES string of the molecule is COc1c(C)cc(CCN(C)CS)cc1C. The quantitative estimate of drug-likeness (QED) is 0.626. The molecular formula is C13H21NOS. The smallest absolute Gasteiger partial charge is 0.124 e. The Balaban J connectivity index is 2.76. The van der Waals surface area contributed by atoms with Crippen LogP contribution in [0.1, 0.15) is 16.7 Å². The Bertz CT molecular complexity index is 329. The first kappa shape index (κ1) is 13.4. The second-order valence-electron chi connectivity index (χ2n) is 4.23. The molecule has 0 unspecified atom stereocenters. The summed E-state index contributed by atoms with van der Waals surface area (Å²) >= 11 is 4.24. The maximum Gasteiger partial charge on any atom is 0.124 e. The molecule has 0 saturated heterocycles. The van der Waals surface area contributed by atoms with Crippen molar-refractivity contribution in [1.29, 1.82) is 0 Å². The second-order valence-corrected chi connectivity index (χ2v) is 4.52. The number of hydrogen-bond acceptors (Lipinski definition) is 3.